The van der Waals surface area contributed by atoms with Crippen LogP contribution in [0.5, 0.6) is 5.75 Å². The van der Waals surface area contributed by atoms with Crippen molar-refractivity contribution >= 4 is 11.6 Å². The first-order chi connectivity index (χ1) is 10.1. The summed E-state index contributed by atoms with van der Waals surface area (Å²) in [5.41, 5.74) is 0.790. The third-order valence-electron chi connectivity index (χ3n) is 4.65. The van der Waals surface area contributed by atoms with E-state index in [4.69, 9.17) is 4.74 Å². The van der Waals surface area contributed by atoms with E-state index in [0.717, 1.165) is 24.3 Å². The second kappa shape index (κ2) is 6.94. The Morgan fingerprint density at radius 1 is 1.29 bits per heavy atom. The molecule has 4 nitrogen and oxygen atoms in total. The van der Waals surface area contributed by atoms with Crippen LogP contribution in [-0.2, 0) is 4.79 Å². The SMILES string of the molecule is CNC1(CC(=O)N(C)c2ccccc2OC)CCCCC1. The molecule has 116 valence electrons. The molecule has 0 radical (unpaired) electrons. The number of para-hydroxylation sites is 2. The molecule has 0 atom stereocenters. The Kier molecular flexibility index (Phi) is 5.23. The van der Waals surface area contributed by atoms with Gasteiger partial charge in [-0.3, -0.25) is 4.79 Å². The molecule has 1 aliphatic rings. The van der Waals surface area contributed by atoms with E-state index in [-0.39, 0.29) is 11.4 Å². The molecule has 1 N–H and O–H groups in total. The number of carbonyl (C=O) groups excluding carboxylic acids is 1. The summed E-state index contributed by atoms with van der Waals surface area (Å²) < 4.78 is 5.35. The summed E-state index contributed by atoms with van der Waals surface area (Å²) in [5.74, 6) is 0.867. The van der Waals surface area contributed by atoms with Crippen LogP contribution in [0.1, 0.15) is 38.5 Å². The maximum atomic E-state index is 12.7. The van der Waals surface area contributed by atoms with Crippen LogP contribution >= 0.6 is 0 Å². The molecule has 1 aliphatic carbocycles. The first-order valence-corrected chi connectivity index (χ1v) is 7.70. The maximum Gasteiger partial charge on any atom is 0.228 e. The smallest absolute Gasteiger partial charge is 0.228 e. The highest BCUT2D eigenvalue weighted by Crippen LogP contribution is 2.33. The van der Waals surface area contributed by atoms with E-state index < -0.39 is 0 Å². The standard InChI is InChI=1S/C17H26N2O2/c1-18-17(11-7-4-8-12-17)13-16(20)19(2)14-9-5-6-10-15(14)21-3/h5-6,9-10,18H,4,7-8,11-13H2,1-3H3. The van der Waals surface area contributed by atoms with Crippen molar-refractivity contribution in [1.82, 2.24) is 5.32 Å². The van der Waals surface area contributed by atoms with Crippen molar-refractivity contribution in [2.45, 2.75) is 44.1 Å². The lowest BCUT2D eigenvalue weighted by Crippen LogP contribution is -2.48. The van der Waals surface area contributed by atoms with E-state index >= 15 is 0 Å². The fourth-order valence-electron chi connectivity index (χ4n) is 3.19. The second-order valence-corrected chi connectivity index (χ2v) is 5.89. The quantitative estimate of drug-likeness (QED) is 0.906. The van der Waals surface area contributed by atoms with E-state index in [1.54, 1.807) is 12.0 Å². The van der Waals surface area contributed by atoms with Crippen LogP contribution in [0.3, 0.4) is 0 Å². The normalized spacial score (nSPS) is 17.3. The molecule has 21 heavy (non-hydrogen) atoms. The van der Waals surface area contributed by atoms with Crippen LogP contribution in [-0.4, -0.2) is 32.7 Å². The molecule has 0 aromatic heterocycles. The van der Waals surface area contributed by atoms with E-state index in [9.17, 15) is 4.79 Å². The minimum absolute atomic E-state index is 0.0361. The lowest BCUT2D eigenvalue weighted by atomic mass is 9.79. The summed E-state index contributed by atoms with van der Waals surface area (Å²) in [6.07, 6.45) is 6.38. The highest BCUT2D eigenvalue weighted by molar-refractivity contribution is 5.95. The van der Waals surface area contributed by atoms with Gasteiger partial charge in [0.25, 0.3) is 0 Å². The van der Waals surface area contributed by atoms with Crippen LogP contribution in [0.2, 0.25) is 0 Å². The average Bonchev–Trinajstić information content (AvgIpc) is 2.54. The molecule has 0 heterocycles. The fraction of sp³-hybridized carbons (Fsp3) is 0.588. The zero-order valence-corrected chi connectivity index (χ0v) is 13.3. The van der Waals surface area contributed by atoms with Gasteiger partial charge >= 0.3 is 0 Å². The van der Waals surface area contributed by atoms with Crippen LogP contribution in [0.4, 0.5) is 5.69 Å². The van der Waals surface area contributed by atoms with Gasteiger partial charge in [0.15, 0.2) is 0 Å². The van der Waals surface area contributed by atoms with Crippen LogP contribution in [0.15, 0.2) is 24.3 Å². The lowest BCUT2D eigenvalue weighted by molar-refractivity contribution is -0.120. The molecule has 1 fully saturated rings. The largest absolute Gasteiger partial charge is 0.495 e. The molecule has 0 spiro atoms. The summed E-state index contributed by atoms with van der Waals surface area (Å²) in [7, 11) is 5.43. The summed E-state index contributed by atoms with van der Waals surface area (Å²) in [6.45, 7) is 0. The zero-order chi connectivity index (χ0) is 15.3. The topological polar surface area (TPSA) is 41.6 Å². The summed E-state index contributed by atoms with van der Waals surface area (Å²) in [6, 6.07) is 7.64. The van der Waals surface area contributed by atoms with Gasteiger partial charge in [0.1, 0.15) is 5.75 Å². The second-order valence-electron chi connectivity index (χ2n) is 5.89. The highest BCUT2D eigenvalue weighted by atomic mass is 16.5. The minimum atomic E-state index is -0.0361. The van der Waals surface area contributed by atoms with Gasteiger partial charge in [0, 0.05) is 19.0 Å². The van der Waals surface area contributed by atoms with Crippen LogP contribution < -0.4 is 15.0 Å². The molecule has 2 rings (SSSR count). The van der Waals surface area contributed by atoms with E-state index in [2.05, 4.69) is 5.32 Å². The first kappa shape index (κ1) is 15.8. The lowest BCUT2D eigenvalue weighted by Gasteiger charge is -2.37. The van der Waals surface area contributed by atoms with Crippen molar-refractivity contribution in [3.8, 4) is 5.75 Å². The van der Waals surface area contributed by atoms with Gasteiger partial charge in [-0.2, -0.15) is 0 Å². The third-order valence-corrected chi connectivity index (χ3v) is 4.65. The molecule has 4 heteroatoms. The predicted molar refractivity (Wildman–Crippen MR) is 85.9 cm³/mol. The maximum absolute atomic E-state index is 12.7. The number of benzene rings is 1. The number of methoxy groups -OCH3 is 1. The number of carbonyl (C=O) groups is 1. The number of hydrogen-bond acceptors (Lipinski definition) is 3. The Bertz CT molecular complexity index is 481. The minimum Gasteiger partial charge on any atom is -0.495 e. The van der Waals surface area contributed by atoms with Gasteiger partial charge in [-0.05, 0) is 32.0 Å². The molecule has 0 unspecified atom stereocenters. The van der Waals surface area contributed by atoms with Crippen molar-refractivity contribution in [3.05, 3.63) is 24.3 Å². The molecule has 1 amide bonds. The number of amides is 1. The van der Waals surface area contributed by atoms with Crippen LogP contribution in [0, 0.1) is 0 Å². The van der Waals surface area contributed by atoms with Crippen molar-refractivity contribution in [2.75, 3.05) is 26.1 Å². The van der Waals surface area contributed by atoms with E-state index in [1.165, 1.54) is 19.3 Å². The molecule has 0 aliphatic heterocycles. The van der Waals surface area contributed by atoms with Gasteiger partial charge in [0.2, 0.25) is 5.91 Å². The van der Waals surface area contributed by atoms with Gasteiger partial charge in [-0.15, -0.1) is 0 Å². The number of ether oxygens (including phenoxy) is 1. The molecule has 0 bridgehead atoms. The third kappa shape index (κ3) is 3.56. The van der Waals surface area contributed by atoms with Crippen molar-refractivity contribution < 1.29 is 9.53 Å². The molecular formula is C17H26N2O2. The fourth-order valence-corrected chi connectivity index (χ4v) is 3.19. The van der Waals surface area contributed by atoms with E-state index in [1.807, 2.05) is 38.4 Å². The number of hydrogen-bond donors (Lipinski definition) is 1. The Hall–Kier alpha value is -1.55. The zero-order valence-electron chi connectivity index (χ0n) is 13.3. The van der Waals surface area contributed by atoms with Gasteiger partial charge in [-0.25, -0.2) is 0 Å². The number of anilines is 1. The molecule has 0 saturated heterocycles. The Labute approximate surface area is 127 Å². The molecule has 1 saturated carbocycles. The van der Waals surface area contributed by atoms with Crippen molar-refractivity contribution in [1.29, 1.82) is 0 Å². The van der Waals surface area contributed by atoms with Gasteiger partial charge in [0.05, 0.1) is 12.8 Å². The predicted octanol–water partition coefficient (Wildman–Crippen LogP) is 2.97. The summed E-state index contributed by atoms with van der Waals surface area (Å²) in [4.78, 5) is 14.4. The number of nitrogens with one attached hydrogen (secondary N) is 1. The Morgan fingerprint density at radius 3 is 2.57 bits per heavy atom. The number of rotatable bonds is 5. The average molecular weight is 290 g/mol. The monoisotopic (exact) mass is 290 g/mol. The van der Waals surface area contributed by atoms with Crippen LogP contribution in [0.25, 0.3) is 0 Å². The Morgan fingerprint density at radius 2 is 1.95 bits per heavy atom. The summed E-state index contributed by atoms with van der Waals surface area (Å²) in [5, 5.41) is 3.40. The molecule has 1 aromatic carbocycles. The van der Waals surface area contributed by atoms with E-state index in [0.29, 0.717) is 6.42 Å². The first-order valence-electron chi connectivity index (χ1n) is 7.70. The van der Waals surface area contributed by atoms with Gasteiger partial charge < -0.3 is 15.0 Å². The van der Waals surface area contributed by atoms with Crippen molar-refractivity contribution in [3.63, 3.8) is 0 Å². The molecule has 1 aromatic rings. The number of nitrogens with zero attached hydrogens (tertiary/aromatic N) is 1. The highest BCUT2D eigenvalue weighted by Gasteiger charge is 2.34. The van der Waals surface area contributed by atoms with Crippen molar-refractivity contribution in [2.24, 2.45) is 0 Å². The molecular weight excluding hydrogens is 264 g/mol. The summed E-state index contributed by atoms with van der Waals surface area (Å²) >= 11 is 0. The van der Waals surface area contributed by atoms with Gasteiger partial charge in [-0.1, -0.05) is 31.4 Å². The Balaban J connectivity index is 2.11.